The highest BCUT2D eigenvalue weighted by Gasteiger charge is 2.27. The van der Waals surface area contributed by atoms with Crippen molar-refractivity contribution >= 4 is 22.0 Å². The van der Waals surface area contributed by atoms with E-state index in [0.717, 1.165) is 12.8 Å². The zero-order chi connectivity index (χ0) is 19.4. The van der Waals surface area contributed by atoms with Crippen molar-refractivity contribution in [2.75, 3.05) is 20.2 Å². The summed E-state index contributed by atoms with van der Waals surface area (Å²) in [6.07, 6.45) is 1.72. The smallest absolute Gasteiger partial charge is 0.343 e. The van der Waals surface area contributed by atoms with E-state index in [-0.39, 0.29) is 16.2 Å². The second-order valence-electron chi connectivity index (χ2n) is 6.04. The summed E-state index contributed by atoms with van der Waals surface area (Å²) in [5.74, 6) is -0.838. The molecule has 1 saturated heterocycles. The SMILES string of the molecule is COC(=O)c1ccc(OC(=O)c2ccc(S(=O)(=O)N3CCCC3)cc2)cc1. The number of ether oxygens (including phenoxy) is 2. The molecule has 1 aliphatic rings. The van der Waals surface area contributed by atoms with Gasteiger partial charge in [0.2, 0.25) is 10.0 Å². The van der Waals surface area contributed by atoms with Crippen LogP contribution in [-0.2, 0) is 14.8 Å². The fourth-order valence-corrected chi connectivity index (χ4v) is 4.30. The van der Waals surface area contributed by atoms with Gasteiger partial charge in [0.15, 0.2) is 0 Å². The fraction of sp³-hybridized carbons (Fsp3) is 0.263. The summed E-state index contributed by atoms with van der Waals surface area (Å²) < 4.78 is 36.3. The zero-order valence-corrected chi connectivity index (χ0v) is 15.6. The number of rotatable bonds is 5. The molecule has 8 heteroatoms. The maximum Gasteiger partial charge on any atom is 0.343 e. The maximum absolute atomic E-state index is 12.5. The van der Waals surface area contributed by atoms with Crippen molar-refractivity contribution in [2.45, 2.75) is 17.7 Å². The number of benzene rings is 2. The molecule has 0 aliphatic carbocycles. The van der Waals surface area contributed by atoms with Gasteiger partial charge < -0.3 is 9.47 Å². The van der Waals surface area contributed by atoms with E-state index in [0.29, 0.717) is 18.7 Å². The van der Waals surface area contributed by atoms with Crippen LogP contribution in [0.5, 0.6) is 5.75 Å². The third-order valence-corrected chi connectivity index (χ3v) is 6.19. The molecule has 2 aromatic rings. The van der Waals surface area contributed by atoms with Crippen LogP contribution < -0.4 is 4.74 Å². The third kappa shape index (κ3) is 4.17. The summed E-state index contributed by atoms with van der Waals surface area (Å²) >= 11 is 0. The van der Waals surface area contributed by atoms with Gasteiger partial charge >= 0.3 is 11.9 Å². The molecule has 1 heterocycles. The number of methoxy groups -OCH3 is 1. The van der Waals surface area contributed by atoms with Crippen LogP contribution in [0.15, 0.2) is 53.4 Å². The van der Waals surface area contributed by atoms with Crippen LogP contribution in [0, 0.1) is 0 Å². The quantitative estimate of drug-likeness (QED) is 0.576. The van der Waals surface area contributed by atoms with Crippen molar-refractivity contribution < 1.29 is 27.5 Å². The highest BCUT2D eigenvalue weighted by molar-refractivity contribution is 7.89. The van der Waals surface area contributed by atoms with E-state index in [1.165, 1.54) is 59.9 Å². The Bertz CT molecular complexity index is 929. The first kappa shape index (κ1) is 19.1. The minimum Gasteiger partial charge on any atom is -0.465 e. The summed E-state index contributed by atoms with van der Waals surface area (Å²) in [5, 5.41) is 0. The van der Waals surface area contributed by atoms with Gasteiger partial charge in [0.25, 0.3) is 0 Å². The fourth-order valence-electron chi connectivity index (χ4n) is 2.78. The first-order valence-electron chi connectivity index (χ1n) is 8.42. The van der Waals surface area contributed by atoms with E-state index in [4.69, 9.17) is 4.74 Å². The van der Waals surface area contributed by atoms with Crippen LogP contribution in [0.3, 0.4) is 0 Å². The van der Waals surface area contributed by atoms with E-state index >= 15 is 0 Å². The molecular weight excluding hydrogens is 370 g/mol. The summed E-state index contributed by atoms with van der Waals surface area (Å²) in [6.45, 7) is 1.04. The molecule has 0 amide bonds. The molecular formula is C19H19NO6S. The molecule has 0 aromatic heterocycles. The van der Waals surface area contributed by atoms with Gasteiger partial charge in [-0.3, -0.25) is 0 Å². The van der Waals surface area contributed by atoms with Crippen molar-refractivity contribution in [3.8, 4) is 5.75 Å². The monoisotopic (exact) mass is 389 g/mol. The minimum atomic E-state index is -3.52. The summed E-state index contributed by atoms with van der Waals surface area (Å²) in [4.78, 5) is 23.8. The number of carbonyl (C=O) groups is 2. The van der Waals surface area contributed by atoms with Crippen molar-refractivity contribution in [3.63, 3.8) is 0 Å². The number of carbonyl (C=O) groups excluding carboxylic acids is 2. The van der Waals surface area contributed by atoms with E-state index < -0.39 is 22.0 Å². The predicted octanol–water partition coefficient (Wildman–Crippen LogP) is 2.48. The van der Waals surface area contributed by atoms with E-state index in [9.17, 15) is 18.0 Å². The lowest BCUT2D eigenvalue weighted by atomic mass is 10.2. The summed E-state index contributed by atoms with van der Waals surface area (Å²) in [5.41, 5.74) is 0.571. The molecule has 1 aliphatic heterocycles. The standard InChI is InChI=1S/C19H19NO6S/c1-25-18(21)14-4-8-16(9-5-14)26-19(22)15-6-10-17(11-7-15)27(23,24)20-12-2-3-13-20/h4-11H,2-3,12-13H2,1H3. The molecule has 0 spiro atoms. The van der Waals surface area contributed by atoms with Crippen molar-refractivity contribution in [1.82, 2.24) is 4.31 Å². The number of hydrogen-bond acceptors (Lipinski definition) is 6. The van der Waals surface area contributed by atoms with Crippen LogP contribution >= 0.6 is 0 Å². The Morgan fingerprint density at radius 1 is 0.852 bits per heavy atom. The van der Waals surface area contributed by atoms with Gasteiger partial charge in [0.05, 0.1) is 23.1 Å². The Kier molecular flexibility index (Phi) is 5.57. The lowest BCUT2D eigenvalue weighted by Gasteiger charge is -2.15. The Morgan fingerprint density at radius 2 is 1.37 bits per heavy atom. The largest absolute Gasteiger partial charge is 0.465 e. The molecule has 3 rings (SSSR count). The molecule has 7 nitrogen and oxygen atoms in total. The lowest BCUT2D eigenvalue weighted by Crippen LogP contribution is -2.27. The number of hydrogen-bond donors (Lipinski definition) is 0. The number of esters is 2. The third-order valence-electron chi connectivity index (χ3n) is 4.28. The molecule has 27 heavy (non-hydrogen) atoms. The van der Waals surface area contributed by atoms with E-state index in [1.807, 2.05) is 0 Å². The van der Waals surface area contributed by atoms with Crippen molar-refractivity contribution in [3.05, 3.63) is 59.7 Å². The minimum absolute atomic E-state index is 0.156. The van der Waals surface area contributed by atoms with Gasteiger partial charge in [-0.2, -0.15) is 4.31 Å². The van der Waals surface area contributed by atoms with Crippen molar-refractivity contribution in [2.24, 2.45) is 0 Å². The van der Waals surface area contributed by atoms with Crippen molar-refractivity contribution in [1.29, 1.82) is 0 Å². The van der Waals surface area contributed by atoms with Crippen LogP contribution in [0.1, 0.15) is 33.6 Å². The molecule has 0 radical (unpaired) electrons. The van der Waals surface area contributed by atoms with Gasteiger partial charge in [0.1, 0.15) is 5.75 Å². The van der Waals surface area contributed by atoms with E-state index in [1.54, 1.807) is 0 Å². The summed E-state index contributed by atoms with van der Waals surface area (Å²) in [7, 11) is -2.24. The normalized spacial score (nSPS) is 14.7. The first-order chi connectivity index (χ1) is 12.9. The second-order valence-corrected chi connectivity index (χ2v) is 7.98. The van der Waals surface area contributed by atoms with Crippen LogP contribution in [-0.4, -0.2) is 44.9 Å². The van der Waals surface area contributed by atoms with Crippen LogP contribution in [0.2, 0.25) is 0 Å². The molecule has 142 valence electrons. The molecule has 2 aromatic carbocycles. The first-order valence-corrected chi connectivity index (χ1v) is 9.86. The van der Waals surface area contributed by atoms with Crippen LogP contribution in [0.25, 0.3) is 0 Å². The van der Waals surface area contributed by atoms with Gasteiger partial charge in [0, 0.05) is 13.1 Å². The topological polar surface area (TPSA) is 90.0 Å². The van der Waals surface area contributed by atoms with Gasteiger partial charge in [-0.15, -0.1) is 0 Å². The molecule has 0 unspecified atom stereocenters. The highest BCUT2D eigenvalue weighted by atomic mass is 32.2. The average Bonchev–Trinajstić information content (AvgIpc) is 3.24. The van der Waals surface area contributed by atoms with Crippen LogP contribution in [0.4, 0.5) is 0 Å². The summed E-state index contributed by atoms with van der Waals surface area (Å²) in [6, 6.07) is 11.6. The lowest BCUT2D eigenvalue weighted by molar-refractivity contribution is 0.0600. The predicted molar refractivity (Wildman–Crippen MR) is 97.2 cm³/mol. The van der Waals surface area contributed by atoms with Gasteiger partial charge in [-0.1, -0.05) is 0 Å². The molecule has 0 atom stereocenters. The van der Waals surface area contributed by atoms with Gasteiger partial charge in [-0.25, -0.2) is 18.0 Å². The second kappa shape index (κ2) is 7.89. The van der Waals surface area contributed by atoms with Gasteiger partial charge in [-0.05, 0) is 61.4 Å². The number of sulfonamides is 1. The maximum atomic E-state index is 12.5. The molecule has 1 fully saturated rings. The average molecular weight is 389 g/mol. The molecule has 0 bridgehead atoms. The van der Waals surface area contributed by atoms with E-state index in [2.05, 4.69) is 4.74 Å². The zero-order valence-electron chi connectivity index (χ0n) is 14.8. The highest BCUT2D eigenvalue weighted by Crippen LogP contribution is 2.22. The Labute approximate surface area is 157 Å². The molecule has 0 N–H and O–H groups in total. The molecule has 0 saturated carbocycles. The Morgan fingerprint density at radius 3 is 1.93 bits per heavy atom. The Balaban J connectivity index is 1.69. The number of nitrogens with zero attached hydrogens (tertiary/aromatic N) is 1. The Hall–Kier alpha value is -2.71.